The highest BCUT2D eigenvalue weighted by atomic mass is 16.5. The van der Waals surface area contributed by atoms with Crippen LogP contribution < -0.4 is 24.8 Å². The van der Waals surface area contributed by atoms with E-state index in [1.54, 1.807) is 24.3 Å². The summed E-state index contributed by atoms with van der Waals surface area (Å²) >= 11 is 0. The van der Waals surface area contributed by atoms with Gasteiger partial charge < -0.3 is 19.5 Å². The SMILES string of the molecule is CCOc1ccc(NC(=O)NC(=O)COc2cccc(C)c2)cc1OCC. The van der Waals surface area contributed by atoms with Crippen molar-refractivity contribution in [2.24, 2.45) is 0 Å². The molecular weight excluding hydrogens is 348 g/mol. The average molecular weight is 372 g/mol. The number of amides is 3. The molecule has 2 rings (SSSR count). The number of ether oxygens (including phenoxy) is 3. The molecule has 0 radical (unpaired) electrons. The third-order valence-corrected chi connectivity index (χ3v) is 3.41. The predicted octanol–water partition coefficient (Wildman–Crippen LogP) is 3.52. The van der Waals surface area contributed by atoms with E-state index in [-0.39, 0.29) is 6.61 Å². The molecule has 3 amide bonds. The van der Waals surface area contributed by atoms with Gasteiger partial charge in [0.05, 0.1) is 13.2 Å². The highest BCUT2D eigenvalue weighted by molar-refractivity contribution is 6.01. The molecule has 0 aliphatic heterocycles. The third-order valence-electron chi connectivity index (χ3n) is 3.41. The maximum absolute atomic E-state index is 12.0. The number of carbonyl (C=O) groups excluding carboxylic acids is 2. The van der Waals surface area contributed by atoms with Crippen LogP contribution in [0.1, 0.15) is 19.4 Å². The fourth-order valence-corrected chi connectivity index (χ4v) is 2.31. The minimum absolute atomic E-state index is 0.260. The maximum Gasteiger partial charge on any atom is 0.325 e. The van der Waals surface area contributed by atoms with E-state index in [4.69, 9.17) is 14.2 Å². The minimum atomic E-state index is -0.653. The zero-order chi connectivity index (χ0) is 19.6. The molecule has 7 heteroatoms. The molecule has 27 heavy (non-hydrogen) atoms. The van der Waals surface area contributed by atoms with E-state index >= 15 is 0 Å². The van der Waals surface area contributed by atoms with Crippen molar-refractivity contribution in [1.82, 2.24) is 5.32 Å². The number of imide groups is 1. The molecule has 0 bridgehead atoms. The Morgan fingerprint density at radius 2 is 1.67 bits per heavy atom. The lowest BCUT2D eigenvalue weighted by Gasteiger charge is -2.13. The number of aryl methyl sites for hydroxylation is 1. The van der Waals surface area contributed by atoms with Crippen molar-refractivity contribution in [2.75, 3.05) is 25.1 Å². The first-order valence-electron chi connectivity index (χ1n) is 8.71. The van der Waals surface area contributed by atoms with E-state index < -0.39 is 11.9 Å². The Balaban J connectivity index is 1.88. The number of rotatable bonds is 8. The second-order valence-corrected chi connectivity index (χ2v) is 5.64. The quantitative estimate of drug-likeness (QED) is 0.740. The van der Waals surface area contributed by atoms with E-state index in [2.05, 4.69) is 10.6 Å². The van der Waals surface area contributed by atoms with Gasteiger partial charge >= 0.3 is 6.03 Å². The molecule has 0 atom stereocenters. The summed E-state index contributed by atoms with van der Waals surface area (Å²) in [6.45, 7) is 6.36. The monoisotopic (exact) mass is 372 g/mol. The third kappa shape index (κ3) is 6.54. The molecule has 0 fully saturated rings. The first-order valence-corrected chi connectivity index (χ1v) is 8.71. The average Bonchev–Trinajstić information content (AvgIpc) is 2.62. The van der Waals surface area contributed by atoms with E-state index in [0.29, 0.717) is 36.1 Å². The van der Waals surface area contributed by atoms with Crippen LogP contribution in [0.5, 0.6) is 17.2 Å². The van der Waals surface area contributed by atoms with Gasteiger partial charge in [0.2, 0.25) is 0 Å². The molecule has 0 saturated heterocycles. The Morgan fingerprint density at radius 1 is 0.926 bits per heavy atom. The molecule has 7 nitrogen and oxygen atoms in total. The van der Waals surface area contributed by atoms with Crippen LogP contribution >= 0.6 is 0 Å². The van der Waals surface area contributed by atoms with E-state index in [9.17, 15) is 9.59 Å². The topological polar surface area (TPSA) is 85.9 Å². The standard InChI is InChI=1S/C20H24N2O5/c1-4-25-17-10-9-15(12-18(17)26-5-2)21-20(24)22-19(23)13-27-16-8-6-7-14(3)11-16/h6-12H,4-5,13H2,1-3H3,(H2,21,22,23,24). The van der Waals surface area contributed by atoms with Gasteiger partial charge in [0.25, 0.3) is 5.91 Å². The summed E-state index contributed by atoms with van der Waals surface area (Å²) in [6, 6.07) is 11.7. The molecule has 0 spiro atoms. The minimum Gasteiger partial charge on any atom is -0.490 e. The van der Waals surface area contributed by atoms with Crippen molar-refractivity contribution in [1.29, 1.82) is 0 Å². The van der Waals surface area contributed by atoms with Gasteiger partial charge in [-0.3, -0.25) is 10.1 Å². The summed E-state index contributed by atoms with van der Waals surface area (Å²) in [5.41, 5.74) is 1.50. The molecule has 0 aromatic heterocycles. The maximum atomic E-state index is 12.0. The molecule has 2 N–H and O–H groups in total. The molecular formula is C20H24N2O5. The van der Waals surface area contributed by atoms with Crippen LogP contribution in [0.4, 0.5) is 10.5 Å². The number of urea groups is 1. The summed E-state index contributed by atoms with van der Waals surface area (Å²) in [4.78, 5) is 23.9. The van der Waals surface area contributed by atoms with Gasteiger partial charge in [0.15, 0.2) is 18.1 Å². The van der Waals surface area contributed by atoms with Crippen LogP contribution in [-0.4, -0.2) is 31.8 Å². The normalized spacial score (nSPS) is 10.0. The van der Waals surface area contributed by atoms with Gasteiger partial charge in [-0.1, -0.05) is 12.1 Å². The van der Waals surface area contributed by atoms with Crippen molar-refractivity contribution >= 4 is 17.6 Å². The summed E-state index contributed by atoms with van der Waals surface area (Å²) < 4.78 is 16.3. The zero-order valence-electron chi connectivity index (χ0n) is 15.7. The molecule has 2 aromatic rings. The molecule has 0 aliphatic carbocycles. The van der Waals surface area contributed by atoms with E-state index in [1.807, 2.05) is 39.0 Å². The summed E-state index contributed by atoms with van der Waals surface area (Å²) in [5.74, 6) is 1.13. The van der Waals surface area contributed by atoms with E-state index in [0.717, 1.165) is 5.56 Å². The Bertz CT molecular complexity index is 792. The second-order valence-electron chi connectivity index (χ2n) is 5.64. The van der Waals surface area contributed by atoms with Gasteiger partial charge in [0.1, 0.15) is 5.75 Å². The van der Waals surface area contributed by atoms with Gasteiger partial charge in [-0.2, -0.15) is 0 Å². The number of anilines is 1. The van der Waals surface area contributed by atoms with Crippen molar-refractivity contribution in [3.8, 4) is 17.2 Å². The van der Waals surface area contributed by atoms with Crippen LogP contribution in [0, 0.1) is 6.92 Å². The summed E-state index contributed by atoms with van der Waals surface area (Å²) in [6.07, 6.45) is 0. The first kappa shape index (κ1) is 20.1. The molecule has 0 saturated carbocycles. The van der Waals surface area contributed by atoms with Crippen LogP contribution in [0.2, 0.25) is 0 Å². The number of carbonyl (C=O) groups is 2. The van der Waals surface area contributed by atoms with Crippen LogP contribution in [0.3, 0.4) is 0 Å². The number of nitrogens with one attached hydrogen (secondary N) is 2. The zero-order valence-corrected chi connectivity index (χ0v) is 15.7. The lowest BCUT2D eigenvalue weighted by Crippen LogP contribution is -2.37. The van der Waals surface area contributed by atoms with Gasteiger partial charge in [-0.05, 0) is 50.6 Å². The van der Waals surface area contributed by atoms with Crippen molar-refractivity contribution in [2.45, 2.75) is 20.8 Å². The van der Waals surface area contributed by atoms with Crippen LogP contribution in [-0.2, 0) is 4.79 Å². The van der Waals surface area contributed by atoms with Crippen molar-refractivity contribution in [3.63, 3.8) is 0 Å². The first-order chi connectivity index (χ1) is 13.0. The molecule has 0 heterocycles. The van der Waals surface area contributed by atoms with E-state index in [1.165, 1.54) is 0 Å². The van der Waals surface area contributed by atoms with Crippen molar-refractivity contribution in [3.05, 3.63) is 48.0 Å². The smallest absolute Gasteiger partial charge is 0.325 e. The predicted molar refractivity (Wildman–Crippen MR) is 103 cm³/mol. The summed E-state index contributed by atoms with van der Waals surface area (Å²) in [7, 11) is 0. The van der Waals surface area contributed by atoms with Gasteiger partial charge in [-0.15, -0.1) is 0 Å². The molecule has 144 valence electrons. The van der Waals surface area contributed by atoms with Crippen molar-refractivity contribution < 1.29 is 23.8 Å². The number of hydrogen-bond donors (Lipinski definition) is 2. The molecule has 0 aliphatic rings. The largest absolute Gasteiger partial charge is 0.490 e. The lowest BCUT2D eigenvalue weighted by molar-refractivity contribution is -0.121. The Kier molecular flexibility index (Phi) is 7.49. The number of hydrogen-bond acceptors (Lipinski definition) is 5. The molecule has 0 unspecified atom stereocenters. The number of benzene rings is 2. The highest BCUT2D eigenvalue weighted by Crippen LogP contribution is 2.30. The second kappa shape index (κ2) is 10.1. The van der Waals surface area contributed by atoms with Crippen LogP contribution in [0.15, 0.2) is 42.5 Å². The fraction of sp³-hybridized carbons (Fsp3) is 0.300. The van der Waals surface area contributed by atoms with Gasteiger partial charge in [0, 0.05) is 11.8 Å². The highest BCUT2D eigenvalue weighted by Gasteiger charge is 2.11. The Labute approximate surface area is 158 Å². The lowest BCUT2D eigenvalue weighted by atomic mass is 10.2. The van der Waals surface area contributed by atoms with Crippen LogP contribution in [0.25, 0.3) is 0 Å². The summed E-state index contributed by atoms with van der Waals surface area (Å²) in [5, 5.41) is 4.80. The van der Waals surface area contributed by atoms with Gasteiger partial charge in [-0.25, -0.2) is 4.79 Å². The molecule has 2 aromatic carbocycles. The Morgan fingerprint density at radius 3 is 2.37 bits per heavy atom. The fourth-order valence-electron chi connectivity index (χ4n) is 2.31. The Hall–Kier alpha value is -3.22.